The molecule has 2 unspecified atom stereocenters. The summed E-state index contributed by atoms with van der Waals surface area (Å²) in [7, 11) is 0. The van der Waals surface area contributed by atoms with E-state index < -0.39 is 23.8 Å². The fourth-order valence-electron chi connectivity index (χ4n) is 4.37. The monoisotopic (exact) mass is 523 g/mol. The average molecular weight is 524 g/mol. The first-order valence-corrected chi connectivity index (χ1v) is 13.4. The average Bonchev–Trinajstić information content (AvgIpc) is 2.81. The molecule has 0 heterocycles. The van der Waals surface area contributed by atoms with Crippen LogP contribution in [0.15, 0.2) is 48.5 Å². The van der Waals surface area contributed by atoms with Crippen LogP contribution in [0.5, 0.6) is 0 Å². The molecule has 2 aromatic carbocycles. The number of hydrogen-bond donors (Lipinski definition) is 2. The van der Waals surface area contributed by atoms with Crippen molar-refractivity contribution in [1.29, 1.82) is 0 Å². The van der Waals surface area contributed by atoms with Crippen LogP contribution in [0, 0.1) is 19.8 Å². The van der Waals surface area contributed by atoms with Crippen molar-refractivity contribution in [3.05, 3.63) is 70.8 Å². The van der Waals surface area contributed by atoms with Gasteiger partial charge < -0.3 is 20.3 Å². The van der Waals surface area contributed by atoms with Crippen LogP contribution < -0.4 is 10.6 Å². The lowest BCUT2D eigenvalue weighted by Crippen LogP contribution is -2.55. The number of aryl methyl sites for hydroxylation is 1. The number of carbonyl (C=O) groups is 3. The molecule has 208 valence electrons. The Labute approximate surface area is 228 Å². The molecule has 38 heavy (non-hydrogen) atoms. The van der Waals surface area contributed by atoms with Gasteiger partial charge in [0.05, 0.1) is 0 Å². The van der Waals surface area contributed by atoms with Crippen molar-refractivity contribution in [2.45, 2.75) is 99.0 Å². The summed E-state index contributed by atoms with van der Waals surface area (Å²) in [6, 6.07) is 13.4. The molecule has 2 N–H and O–H groups in total. The highest BCUT2D eigenvalue weighted by Crippen LogP contribution is 2.29. The largest absolute Gasteiger partial charge is 0.444 e. The fraction of sp³-hybridized carbons (Fsp3) is 0.516. The molecule has 0 saturated heterocycles. The number of amides is 3. The predicted octanol–water partition coefficient (Wildman–Crippen LogP) is 5.84. The quantitative estimate of drug-likeness (QED) is 0.410. The summed E-state index contributed by atoms with van der Waals surface area (Å²) in [6.07, 6.45) is -0.246. The molecule has 0 fully saturated rings. The highest BCUT2D eigenvalue weighted by molar-refractivity contribution is 5.92. The first-order valence-electron chi connectivity index (χ1n) is 13.4. The Bertz CT molecular complexity index is 1090. The molecule has 7 nitrogen and oxygen atoms in total. The highest BCUT2D eigenvalue weighted by Gasteiger charge is 2.38. The fourth-order valence-corrected chi connectivity index (χ4v) is 4.37. The molecule has 2 aromatic rings. The lowest BCUT2D eigenvalue weighted by atomic mass is 9.93. The van der Waals surface area contributed by atoms with Crippen LogP contribution in [0.1, 0.15) is 83.2 Å². The Morgan fingerprint density at radius 3 is 2.11 bits per heavy atom. The van der Waals surface area contributed by atoms with Gasteiger partial charge in [0.25, 0.3) is 0 Å². The number of alkyl carbamates (subject to hydrolysis) is 1. The number of nitrogens with zero attached hydrogens (tertiary/aromatic N) is 1. The van der Waals surface area contributed by atoms with Gasteiger partial charge in [0.1, 0.15) is 17.7 Å². The molecule has 0 aliphatic heterocycles. The summed E-state index contributed by atoms with van der Waals surface area (Å²) >= 11 is 0. The standard InChI is InChI=1S/C31H45N3O4/c1-20(2)18-26(33-30(37)38-31(7,8)9)29(36)34(21(3)4)27(25-17-13-14-22(5)23(25)6)28(35)32-19-24-15-11-10-12-16-24/h10-17,20-21,26-27H,18-19H2,1-9H3,(H,32,35)(H,33,37). The molecular formula is C31H45N3O4. The zero-order valence-corrected chi connectivity index (χ0v) is 24.4. The van der Waals surface area contributed by atoms with Gasteiger partial charge in [0.15, 0.2) is 0 Å². The lowest BCUT2D eigenvalue weighted by molar-refractivity contribution is -0.145. The van der Waals surface area contributed by atoms with E-state index in [9.17, 15) is 14.4 Å². The number of ether oxygens (including phenoxy) is 1. The summed E-state index contributed by atoms with van der Waals surface area (Å²) < 4.78 is 5.46. The topological polar surface area (TPSA) is 87.7 Å². The van der Waals surface area contributed by atoms with Crippen molar-refractivity contribution in [3.63, 3.8) is 0 Å². The Kier molecular flexibility index (Phi) is 10.9. The molecule has 3 amide bonds. The smallest absolute Gasteiger partial charge is 0.408 e. The van der Waals surface area contributed by atoms with Gasteiger partial charge in [0.2, 0.25) is 11.8 Å². The van der Waals surface area contributed by atoms with Crippen LogP contribution in [0.25, 0.3) is 0 Å². The van der Waals surface area contributed by atoms with Crippen LogP contribution in [-0.2, 0) is 20.9 Å². The summed E-state index contributed by atoms with van der Waals surface area (Å²) in [4.78, 5) is 42.4. The van der Waals surface area contributed by atoms with Crippen LogP contribution >= 0.6 is 0 Å². The van der Waals surface area contributed by atoms with Gasteiger partial charge in [-0.05, 0) is 83.1 Å². The van der Waals surface area contributed by atoms with Crippen molar-refractivity contribution in [3.8, 4) is 0 Å². The van der Waals surface area contributed by atoms with Crippen LogP contribution in [0.3, 0.4) is 0 Å². The first kappa shape index (κ1) is 30.9. The Morgan fingerprint density at radius 1 is 0.921 bits per heavy atom. The maximum Gasteiger partial charge on any atom is 0.408 e. The molecule has 0 bridgehead atoms. The third kappa shape index (κ3) is 8.89. The minimum atomic E-state index is -0.874. The summed E-state index contributed by atoms with van der Waals surface area (Å²) in [5.41, 5.74) is 3.01. The van der Waals surface area contributed by atoms with Gasteiger partial charge in [0, 0.05) is 12.6 Å². The third-order valence-electron chi connectivity index (χ3n) is 6.28. The van der Waals surface area contributed by atoms with E-state index in [0.717, 1.165) is 22.3 Å². The normalized spacial score (nSPS) is 13.1. The van der Waals surface area contributed by atoms with Crippen molar-refractivity contribution in [1.82, 2.24) is 15.5 Å². The lowest BCUT2D eigenvalue weighted by Gasteiger charge is -2.38. The maximum absolute atomic E-state index is 14.2. The van der Waals surface area contributed by atoms with Crippen molar-refractivity contribution >= 4 is 17.9 Å². The van der Waals surface area contributed by atoms with Gasteiger partial charge in [-0.25, -0.2) is 4.79 Å². The van der Waals surface area contributed by atoms with Crippen molar-refractivity contribution in [2.24, 2.45) is 5.92 Å². The van der Waals surface area contributed by atoms with E-state index in [1.54, 1.807) is 25.7 Å². The zero-order chi connectivity index (χ0) is 28.6. The molecule has 0 aliphatic rings. The molecule has 0 radical (unpaired) electrons. The number of benzene rings is 2. The second-order valence-electron chi connectivity index (χ2n) is 11.6. The maximum atomic E-state index is 14.2. The molecule has 0 saturated carbocycles. The number of rotatable bonds is 10. The van der Waals surface area contributed by atoms with E-state index in [4.69, 9.17) is 4.74 Å². The number of hydrogen-bond acceptors (Lipinski definition) is 4. The van der Waals surface area contributed by atoms with Crippen LogP contribution in [-0.4, -0.2) is 40.5 Å². The minimum Gasteiger partial charge on any atom is -0.444 e. The Balaban J connectivity index is 2.50. The number of carbonyl (C=O) groups excluding carboxylic acids is 3. The van der Waals surface area contributed by atoms with E-state index in [0.29, 0.717) is 13.0 Å². The van der Waals surface area contributed by atoms with Gasteiger partial charge in [-0.2, -0.15) is 0 Å². The molecule has 0 spiro atoms. The second kappa shape index (κ2) is 13.4. The molecule has 7 heteroatoms. The van der Waals surface area contributed by atoms with E-state index in [2.05, 4.69) is 10.6 Å². The Hall–Kier alpha value is -3.35. The molecule has 0 aromatic heterocycles. The minimum absolute atomic E-state index is 0.124. The molecular weight excluding hydrogens is 478 g/mol. The van der Waals surface area contributed by atoms with Gasteiger partial charge in [-0.15, -0.1) is 0 Å². The summed E-state index contributed by atoms with van der Waals surface area (Å²) in [6.45, 7) is 17.4. The first-order chi connectivity index (χ1) is 17.7. The van der Waals surface area contributed by atoms with Gasteiger partial charge in [-0.3, -0.25) is 9.59 Å². The van der Waals surface area contributed by atoms with Gasteiger partial charge >= 0.3 is 6.09 Å². The van der Waals surface area contributed by atoms with Crippen LogP contribution in [0.2, 0.25) is 0 Å². The molecule has 2 atom stereocenters. The predicted molar refractivity (Wildman–Crippen MR) is 152 cm³/mol. The van der Waals surface area contributed by atoms with E-state index in [1.807, 2.05) is 90.1 Å². The number of nitrogens with one attached hydrogen (secondary N) is 2. The Morgan fingerprint density at radius 2 is 1.55 bits per heavy atom. The SMILES string of the molecule is Cc1cccc(C(C(=O)NCc2ccccc2)N(C(=O)C(CC(C)C)NC(=O)OC(C)(C)C)C(C)C)c1C. The van der Waals surface area contributed by atoms with Crippen molar-refractivity contribution < 1.29 is 19.1 Å². The zero-order valence-electron chi connectivity index (χ0n) is 24.4. The summed E-state index contributed by atoms with van der Waals surface area (Å²) in [5.74, 6) is -0.468. The molecule has 0 aliphatic carbocycles. The van der Waals surface area contributed by atoms with Crippen molar-refractivity contribution in [2.75, 3.05) is 0 Å². The van der Waals surface area contributed by atoms with Crippen LogP contribution in [0.4, 0.5) is 4.79 Å². The van der Waals surface area contributed by atoms with E-state index in [-0.39, 0.29) is 23.8 Å². The van der Waals surface area contributed by atoms with Gasteiger partial charge in [-0.1, -0.05) is 62.4 Å². The summed E-state index contributed by atoms with van der Waals surface area (Å²) in [5, 5.41) is 5.83. The third-order valence-corrected chi connectivity index (χ3v) is 6.28. The highest BCUT2D eigenvalue weighted by atomic mass is 16.6. The molecule has 2 rings (SSSR count). The van der Waals surface area contributed by atoms with E-state index >= 15 is 0 Å². The van der Waals surface area contributed by atoms with E-state index in [1.165, 1.54) is 0 Å². The second-order valence-corrected chi connectivity index (χ2v) is 11.6.